The van der Waals surface area contributed by atoms with Gasteiger partial charge in [0.05, 0.1) is 6.61 Å². The number of rotatable bonds is 3. The third-order valence-corrected chi connectivity index (χ3v) is 3.37. The van der Waals surface area contributed by atoms with Gasteiger partial charge in [-0.05, 0) is 42.8 Å². The first-order valence-corrected chi connectivity index (χ1v) is 6.82. The molecule has 0 aliphatic heterocycles. The molecule has 1 heterocycles. The molecular weight excluding hydrogens is 292 g/mol. The fourth-order valence-electron chi connectivity index (χ4n) is 2.04. The van der Waals surface area contributed by atoms with Crippen LogP contribution in [0.2, 0.25) is 0 Å². The van der Waals surface area contributed by atoms with Crippen LogP contribution in [0.25, 0.3) is 21.9 Å². The summed E-state index contributed by atoms with van der Waals surface area (Å²) in [6, 6.07) is 12.0. The highest BCUT2D eigenvalue weighted by atomic mass is 79.9. The lowest BCUT2D eigenvalue weighted by Gasteiger charge is -2.03. The van der Waals surface area contributed by atoms with Crippen molar-refractivity contribution in [2.45, 2.75) is 13.3 Å². The number of halogens is 1. The van der Waals surface area contributed by atoms with Crippen LogP contribution in [0.1, 0.15) is 13.3 Å². The molecule has 2 nitrogen and oxygen atoms in total. The topological polar surface area (TPSA) is 22.4 Å². The summed E-state index contributed by atoms with van der Waals surface area (Å²) in [5, 5.41) is 2.21. The Hall–Kier alpha value is -1.48. The van der Waals surface area contributed by atoms with Gasteiger partial charge in [-0.15, -0.1) is 0 Å². The second-order valence-corrected chi connectivity index (χ2v) is 5.16. The van der Waals surface area contributed by atoms with Gasteiger partial charge < -0.3 is 9.15 Å². The Morgan fingerprint density at radius 3 is 2.56 bits per heavy atom. The second-order valence-electron chi connectivity index (χ2n) is 4.25. The van der Waals surface area contributed by atoms with Crippen LogP contribution in [0.3, 0.4) is 0 Å². The van der Waals surface area contributed by atoms with E-state index in [0.717, 1.165) is 45.2 Å². The van der Waals surface area contributed by atoms with E-state index < -0.39 is 0 Å². The van der Waals surface area contributed by atoms with Gasteiger partial charge in [0, 0.05) is 15.2 Å². The number of fused-ring (bicyclic) bond motifs is 3. The molecule has 2 aromatic carbocycles. The standard InChI is InChI=1S/C15H13BrO2/c1-2-7-17-11-4-6-15-13(9-11)12-8-10(16)3-5-14(12)18-15/h3-6,8-9H,2,7H2,1H3. The minimum atomic E-state index is 0.741. The van der Waals surface area contributed by atoms with Crippen LogP contribution in [-0.4, -0.2) is 6.61 Å². The van der Waals surface area contributed by atoms with Gasteiger partial charge in [-0.3, -0.25) is 0 Å². The van der Waals surface area contributed by atoms with Crippen molar-refractivity contribution >= 4 is 37.9 Å². The van der Waals surface area contributed by atoms with Gasteiger partial charge >= 0.3 is 0 Å². The van der Waals surface area contributed by atoms with Crippen LogP contribution in [0, 0.1) is 0 Å². The number of hydrogen-bond acceptors (Lipinski definition) is 2. The first kappa shape index (κ1) is 11.6. The zero-order valence-electron chi connectivity index (χ0n) is 10.1. The van der Waals surface area contributed by atoms with Gasteiger partial charge in [0.2, 0.25) is 0 Å². The van der Waals surface area contributed by atoms with Crippen molar-refractivity contribution in [2.75, 3.05) is 6.61 Å². The molecule has 0 radical (unpaired) electrons. The van der Waals surface area contributed by atoms with Gasteiger partial charge in [0.15, 0.2) is 0 Å². The average Bonchev–Trinajstić information content (AvgIpc) is 2.74. The molecule has 3 rings (SSSR count). The summed E-state index contributed by atoms with van der Waals surface area (Å²) < 4.78 is 12.5. The summed E-state index contributed by atoms with van der Waals surface area (Å²) >= 11 is 3.49. The zero-order valence-corrected chi connectivity index (χ0v) is 11.7. The lowest BCUT2D eigenvalue weighted by atomic mass is 10.1. The Morgan fingerprint density at radius 1 is 1.06 bits per heavy atom. The normalized spacial score (nSPS) is 11.2. The molecule has 0 fully saturated rings. The van der Waals surface area contributed by atoms with E-state index in [9.17, 15) is 0 Å². The molecule has 0 spiro atoms. The van der Waals surface area contributed by atoms with Crippen molar-refractivity contribution < 1.29 is 9.15 Å². The van der Waals surface area contributed by atoms with Gasteiger partial charge in [-0.2, -0.15) is 0 Å². The van der Waals surface area contributed by atoms with Crippen molar-refractivity contribution in [3.63, 3.8) is 0 Å². The number of ether oxygens (including phenoxy) is 1. The molecule has 0 amide bonds. The van der Waals surface area contributed by atoms with Crippen LogP contribution < -0.4 is 4.74 Å². The summed E-state index contributed by atoms with van der Waals surface area (Å²) in [4.78, 5) is 0. The molecule has 0 aliphatic rings. The average molecular weight is 305 g/mol. The second kappa shape index (κ2) is 4.65. The van der Waals surface area contributed by atoms with E-state index in [4.69, 9.17) is 9.15 Å². The highest BCUT2D eigenvalue weighted by molar-refractivity contribution is 9.10. The fraction of sp³-hybridized carbons (Fsp3) is 0.200. The molecule has 0 atom stereocenters. The Morgan fingerprint density at radius 2 is 1.78 bits per heavy atom. The monoisotopic (exact) mass is 304 g/mol. The smallest absolute Gasteiger partial charge is 0.135 e. The molecular formula is C15H13BrO2. The molecule has 1 aromatic heterocycles. The summed E-state index contributed by atoms with van der Waals surface area (Å²) in [7, 11) is 0. The van der Waals surface area contributed by atoms with Crippen molar-refractivity contribution in [1.82, 2.24) is 0 Å². The Bertz CT molecular complexity index is 700. The van der Waals surface area contributed by atoms with Crippen molar-refractivity contribution in [3.05, 3.63) is 40.9 Å². The predicted octanol–water partition coefficient (Wildman–Crippen LogP) is 5.14. The highest BCUT2D eigenvalue weighted by Crippen LogP contribution is 2.33. The molecule has 3 heteroatoms. The van der Waals surface area contributed by atoms with E-state index in [0.29, 0.717) is 0 Å². The van der Waals surface area contributed by atoms with E-state index in [1.807, 2.05) is 30.3 Å². The summed E-state index contributed by atoms with van der Waals surface area (Å²) in [6.07, 6.45) is 1.01. The van der Waals surface area contributed by atoms with Crippen molar-refractivity contribution in [2.24, 2.45) is 0 Å². The molecule has 0 N–H and O–H groups in total. The molecule has 3 aromatic rings. The maximum Gasteiger partial charge on any atom is 0.135 e. The maximum atomic E-state index is 5.79. The van der Waals surface area contributed by atoms with Gasteiger partial charge in [-0.1, -0.05) is 22.9 Å². The summed E-state index contributed by atoms with van der Waals surface area (Å²) in [6.45, 7) is 2.84. The highest BCUT2D eigenvalue weighted by Gasteiger charge is 2.08. The predicted molar refractivity (Wildman–Crippen MR) is 77.2 cm³/mol. The Kier molecular flexibility index (Phi) is 3.00. The van der Waals surface area contributed by atoms with E-state index in [1.54, 1.807) is 0 Å². The lowest BCUT2D eigenvalue weighted by molar-refractivity contribution is 0.318. The van der Waals surface area contributed by atoms with E-state index in [1.165, 1.54) is 0 Å². The van der Waals surface area contributed by atoms with Crippen LogP contribution in [-0.2, 0) is 0 Å². The number of hydrogen-bond donors (Lipinski definition) is 0. The van der Waals surface area contributed by atoms with Crippen LogP contribution in [0.15, 0.2) is 45.3 Å². The Balaban J connectivity index is 2.18. The molecule has 92 valence electrons. The minimum Gasteiger partial charge on any atom is -0.494 e. The van der Waals surface area contributed by atoms with Gasteiger partial charge in [-0.25, -0.2) is 0 Å². The Labute approximate surface area is 114 Å². The van der Waals surface area contributed by atoms with E-state index in [-0.39, 0.29) is 0 Å². The van der Waals surface area contributed by atoms with Crippen LogP contribution in [0.4, 0.5) is 0 Å². The third-order valence-electron chi connectivity index (χ3n) is 2.88. The van der Waals surface area contributed by atoms with Gasteiger partial charge in [0.25, 0.3) is 0 Å². The van der Waals surface area contributed by atoms with Gasteiger partial charge in [0.1, 0.15) is 16.9 Å². The molecule has 18 heavy (non-hydrogen) atoms. The van der Waals surface area contributed by atoms with E-state index in [2.05, 4.69) is 28.9 Å². The number of benzene rings is 2. The maximum absolute atomic E-state index is 5.79. The first-order chi connectivity index (χ1) is 8.78. The zero-order chi connectivity index (χ0) is 12.5. The molecule has 0 bridgehead atoms. The molecule has 0 saturated carbocycles. The molecule has 0 unspecified atom stereocenters. The van der Waals surface area contributed by atoms with Crippen molar-refractivity contribution in [3.8, 4) is 5.75 Å². The van der Waals surface area contributed by atoms with Crippen molar-refractivity contribution in [1.29, 1.82) is 0 Å². The molecule has 0 aliphatic carbocycles. The quantitative estimate of drug-likeness (QED) is 0.668. The van der Waals surface area contributed by atoms with Crippen LogP contribution in [0.5, 0.6) is 5.75 Å². The molecule has 0 saturated heterocycles. The van der Waals surface area contributed by atoms with E-state index >= 15 is 0 Å². The SMILES string of the molecule is CCCOc1ccc2oc3ccc(Br)cc3c2c1. The third kappa shape index (κ3) is 1.99. The summed E-state index contributed by atoms with van der Waals surface area (Å²) in [5.41, 5.74) is 1.80. The minimum absolute atomic E-state index is 0.741. The largest absolute Gasteiger partial charge is 0.494 e. The summed E-state index contributed by atoms with van der Waals surface area (Å²) in [5.74, 6) is 0.895. The number of furan rings is 1. The first-order valence-electron chi connectivity index (χ1n) is 6.02. The fourth-order valence-corrected chi connectivity index (χ4v) is 2.40. The van der Waals surface area contributed by atoms with Crippen LogP contribution >= 0.6 is 15.9 Å². The lowest BCUT2D eigenvalue weighted by Crippen LogP contribution is -1.94.